The Labute approximate surface area is 138 Å². The van der Waals surface area contributed by atoms with E-state index < -0.39 is 17.0 Å². The van der Waals surface area contributed by atoms with Crippen LogP contribution < -0.4 is 0 Å². The molecule has 0 spiro atoms. The highest BCUT2D eigenvalue weighted by molar-refractivity contribution is 9.15. The van der Waals surface area contributed by atoms with Crippen molar-refractivity contribution in [3.63, 3.8) is 0 Å². The molecule has 1 N–H and O–H groups in total. The molecule has 1 aromatic carbocycles. The van der Waals surface area contributed by atoms with Gasteiger partial charge in [-0.05, 0) is 63.7 Å². The maximum absolute atomic E-state index is 11.4. The van der Waals surface area contributed by atoms with Gasteiger partial charge in [0.25, 0.3) is 5.09 Å². The predicted molar refractivity (Wildman–Crippen MR) is 75.8 cm³/mol. The second-order valence-electron chi connectivity index (χ2n) is 2.92. The number of rotatable bonds is 0. The molecule has 1 aromatic rings. The van der Waals surface area contributed by atoms with Gasteiger partial charge in [-0.1, -0.05) is 0 Å². The van der Waals surface area contributed by atoms with Crippen molar-refractivity contribution in [2.24, 2.45) is 0 Å². The van der Waals surface area contributed by atoms with Crippen LogP contribution >= 0.6 is 63.7 Å². The van der Waals surface area contributed by atoms with Crippen molar-refractivity contribution in [3.05, 3.63) is 39.1 Å². The summed E-state index contributed by atoms with van der Waals surface area (Å²) in [5.41, 5.74) is 0.476. The topological polar surface area (TPSA) is 107 Å². The summed E-state index contributed by atoms with van der Waals surface area (Å²) in [6.07, 6.45) is 0. The Bertz CT molecular complexity index is 553. The van der Waals surface area contributed by atoms with E-state index in [4.69, 9.17) is 15.3 Å². The lowest BCUT2D eigenvalue weighted by atomic mass is 10.1. The van der Waals surface area contributed by atoms with Gasteiger partial charge in [-0.3, -0.25) is 0 Å². The molecule has 0 radical (unpaired) electrons. The van der Waals surface area contributed by atoms with Crippen LogP contribution in [0.25, 0.3) is 0 Å². The summed E-state index contributed by atoms with van der Waals surface area (Å²) in [6.45, 7) is 0. The van der Waals surface area contributed by atoms with Crippen LogP contribution in [0.5, 0.6) is 0 Å². The Morgan fingerprint density at radius 2 is 1.16 bits per heavy atom. The number of ether oxygens (including phenoxy) is 1. The fraction of sp³-hybridized carbons (Fsp3) is 0. The van der Waals surface area contributed by atoms with E-state index in [1.807, 2.05) is 0 Å². The van der Waals surface area contributed by atoms with E-state index in [0.29, 0.717) is 17.9 Å². The third kappa shape index (κ3) is 3.33. The molecule has 1 aliphatic rings. The van der Waals surface area contributed by atoms with Crippen molar-refractivity contribution < 1.29 is 24.6 Å². The van der Waals surface area contributed by atoms with Gasteiger partial charge in [0.05, 0.1) is 11.1 Å². The highest BCUT2D eigenvalue weighted by Crippen LogP contribution is 2.44. The van der Waals surface area contributed by atoms with Crippen LogP contribution in [-0.2, 0) is 4.74 Å². The first kappa shape index (κ1) is 16.5. The average molecular weight is 527 g/mol. The molecule has 0 aromatic heterocycles. The SMILES string of the molecule is O=C1OC(=O)c2c(Br)c(Br)c(Br)c(Br)c21.O=[N+]([O-])O. The normalized spacial score (nSPS) is 12.4. The zero-order valence-corrected chi connectivity index (χ0v) is 14.8. The van der Waals surface area contributed by atoms with Gasteiger partial charge < -0.3 is 9.94 Å². The number of esters is 2. The summed E-state index contributed by atoms with van der Waals surface area (Å²) in [6, 6.07) is 0. The monoisotopic (exact) mass is 523 g/mol. The van der Waals surface area contributed by atoms with Crippen LogP contribution in [0.15, 0.2) is 17.9 Å². The molecule has 102 valence electrons. The quantitative estimate of drug-likeness (QED) is 0.138. The minimum Gasteiger partial charge on any atom is -0.386 e. The molecule has 0 bridgehead atoms. The summed E-state index contributed by atoms with van der Waals surface area (Å²) >= 11 is 13.0. The first-order chi connectivity index (χ1) is 8.68. The lowest BCUT2D eigenvalue weighted by Gasteiger charge is -2.06. The van der Waals surface area contributed by atoms with E-state index in [1.54, 1.807) is 0 Å². The molecule has 1 heterocycles. The maximum atomic E-state index is 11.4. The van der Waals surface area contributed by atoms with Crippen molar-refractivity contribution in [1.82, 2.24) is 0 Å². The molecular formula is C8HBr4NO6. The minimum atomic E-state index is -1.50. The number of hydrogen-bond acceptors (Lipinski definition) is 5. The molecule has 0 fully saturated rings. The summed E-state index contributed by atoms with van der Waals surface area (Å²) in [7, 11) is 0. The van der Waals surface area contributed by atoms with Gasteiger partial charge in [0, 0.05) is 17.9 Å². The van der Waals surface area contributed by atoms with Crippen LogP contribution in [-0.4, -0.2) is 22.2 Å². The number of fused-ring (bicyclic) bond motifs is 1. The number of carbonyl (C=O) groups excluding carboxylic acids is 2. The van der Waals surface area contributed by atoms with Gasteiger partial charge >= 0.3 is 11.9 Å². The molecule has 2 rings (SSSR count). The van der Waals surface area contributed by atoms with Crippen LogP contribution in [0.4, 0.5) is 0 Å². The summed E-state index contributed by atoms with van der Waals surface area (Å²) in [5, 5.41) is 13.6. The van der Waals surface area contributed by atoms with Crippen molar-refractivity contribution in [2.75, 3.05) is 0 Å². The molecule has 1 aliphatic heterocycles. The van der Waals surface area contributed by atoms with Crippen LogP contribution in [0.1, 0.15) is 20.7 Å². The number of hydrogen-bond donors (Lipinski definition) is 1. The van der Waals surface area contributed by atoms with Gasteiger partial charge in [-0.2, -0.15) is 0 Å². The van der Waals surface area contributed by atoms with Crippen molar-refractivity contribution >= 4 is 75.7 Å². The van der Waals surface area contributed by atoms with Gasteiger partial charge in [0.15, 0.2) is 0 Å². The van der Waals surface area contributed by atoms with Crippen LogP contribution in [0.2, 0.25) is 0 Å². The first-order valence-corrected chi connectivity index (χ1v) is 7.31. The second-order valence-corrected chi connectivity index (χ2v) is 6.09. The van der Waals surface area contributed by atoms with Gasteiger partial charge in [-0.25, -0.2) is 9.59 Å². The number of benzene rings is 1. The zero-order valence-electron chi connectivity index (χ0n) is 8.45. The first-order valence-electron chi connectivity index (χ1n) is 4.14. The van der Waals surface area contributed by atoms with E-state index in [1.165, 1.54) is 0 Å². The van der Waals surface area contributed by atoms with E-state index in [9.17, 15) is 9.59 Å². The molecule has 0 amide bonds. The summed E-state index contributed by atoms with van der Waals surface area (Å²) < 4.78 is 6.84. The molecule has 0 saturated heterocycles. The third-order valence-corrected chi connectivity index (χ3v) is 6.63. The van der Waals surface area contributed by atoms with Crippen molar-refractivity contribution in [1.29, 1.82) is 0 Å². The molecule has 7 nitrogen and oxygen atoms in total. The highest BCUT2D eigenvalue weighted by Gasteiger charge is 2.36. The van der Waals surface area contributed by atoms with Crippen LogP contribution in [0.3, 0.4) is 0 Å². The van der Waals surface area contributed by atoms with Gasteiger partial charge in [0.1, 0.15) is 0 Å². The van der Waals surface area contributed by atoms with Crippen LogP contribution in [0, 0.1) is 10.1 Å². The number of carbonyl (C=O) groups is 2. The summed E-state index contributed by atoms with van der Waals surface area (Å²) in [5.74, 6) is -1.29. The number of halogens is 4. The van der Waals surface area contributed by atoms with Crippen molar-refractivity contribution in [2.45, 2.75) is 0 Å². The molecule has 0 aliphatic carbocycles. The maximum Gasteiger partial charge on any atom is 0.348 e. The Morgan fingerprint density at radius 3 is 1.42 bits per heavy atom. The van der Waals surface area contributed by atoms with E-state index in [0.717, 1.165) is 0 Å². The largest absolute Gasteiger partial charge is 0.386 e. The van der Waals surface area contributed by atoms with E-state index in [2.05, 4.69) is 68.5 Å². The molecule has 11 heteroatoms. The fourth-order valence-corrected chi connectivity index (χ4v) is 3.64. The van der Waals surface area contributed by atoms with Crippen molar-refractivity contribution in [3.8, 4) is 0 Å². The average Bonchev–Trinajstić information content (AvgIpc) is 2.58. The van der Waals surface area contributed by atoms with E-state index in [-0.39, 0.29) is 11.1 Å². The lowest BCUT2D eigenvalue weighted by Crippen LogP contribution is -1.97. The lowest BCUT2D eigenvalue weighted by molar-refractivity contribution is -0.742. The fourth-order valence-electron chi connectivity index (χ4n) is 1.20. The third-order valence-electron chi connectivity index (χ3n) is 1.86. The predicted octanol–water partition coefficient (Wildman–Crippen LogP) is 3.70. The van der Waals surface area contributed by atoms with E-state index >= 15 is 0 Å². The number of nitrogens with zero attached hydrogens (tertiary/aromatic N) is 1. The molecule has 0 unspecified atom stereocenters. The molecular weight excluding hydrogens is 526 g/mol. The Hall–Kier alpha value is -0.520. The summed E-state index contributed by atoms with van der Waals surface area (Å²) in [4.78, 5) is 31.1. The van der Waals surface area contributed by atoms with Gasteiger partial charge in [-0.15, -0.1) is 10.1 Å². The molecule has 19 heavy (non-hydrogen) atoms. The Morgan fingerprint density at radius 1 is 0.895 bits per heavy atom. The number of cyclic esters (lactones) is 2. The van der Waals surface area contributed by atoms with Gasteiger partial charge in [0.2, 0.25) is 0 Å². The molecule has 0 atom stereocenters. The standard InChI is InChI=1S/C8Br4O3.HNO3/c9-3-1-2(8(14)15-7(1)13)4(10)6(12)5(3)11;2-1(3)4/h;(H,2,3,4). The smallest absolute Gasteiger partial charge is 0.348 e. The zero-order chi connectivity index (χ0) is 14.9. The Balaban J connectivity index is 0.000000399. The Kier molecular flexibility index (Phi) is 5.47. The minimum absolute atomic E-state index is 0.238. The molecule has 0 saturated carbocycles. The second kappa shape index (κ2) is 6.29. The highest BCUT2D eigenvalue weighted by atomic mass is 79.9.